The first-order valence-electron chi connectivity index (χ1n) is 7.58. The lowest BCUT2D eigenvalue weighted by molar-refractivity contribution is -0.134. The summed E-state index contributed by atoms with van der Waals surface area (Å²) in [6.45, 7) is 2.01. The van der Waals surface area contributed by atoms with Crippen molar-refractivity contribution in [1.29, 1.82) is 0 Å². The highest BCUT2D eigenvalue weighted by atomic mass is 16.5. The monoisotopic (exact) mass is 346 g/mol. The highest BCUT2D eigenvalue weighted by Gasteiger charge is 2.19. The molecule has 2 aromatic rings. The van der Waals surface area contributed by atoms with Gasteiger partial charge in [0.25, 0.3) is 5.56 Å². The minimum atomic E-state index is -1.26. The number of benzene rings is 1. The molecule has 132 valence electrons. The van der Waals surface area contributed by atoms with Crippen molar-refractivity contribution in [2.45, 2.75) is 19.5 Å². The average molecular weight is 346 g/mol. The molecule has 0 radical (unpaired) electrons. The van der Waals surface area contributed by atoms with Crippen LogP contribution in [0.25, 0.3) is 0 Å². The van der Waals surface area contributed by atoms with Crippen LogP contribution in [0.5, 0.6) is 0 Å². The fraction of sp³-hybridized carbons (Fsp3) is 0.235. The number of rotatable bonds is 4. The van der Waals surface area contributed by atoms with Gasteiger partial charge < -0.3 is 20.1 Å². The Hall–Kier alpha value is -3.13. The lowest BCUT2D eigenvalue weighted by Gasteiger charge is -2.07. The van der Waals surface area contributed by atoms with E-state index in [2.05, 4.69) is 5.32 Å². The Kier molecular flexibility index (Phi) is 6.30. The van der Waals surface area contributed by atoms with Crippen LogP contribution in [0.2, 0.25) is 0 Å². The van der Waals surface area contributed by atoms with Crippen LogP contribution in [0.4, 0.5) is 0 Å². The molecule has 3 rings (SSSR count). The SMILES string of the molecule is O=C(O)/C=C/C(=O)O.O=c1c2c(on1Cc1ccccc1)CCNC2. The molecular weight excluding hydrogens is 328 g/mol. The van der Waals surface area contributed by atoms with E-state index >= 15 is 0 Å². The van der Waals surface area contributed by atoms with Crippen LogP contribution < -0.4 is 10.9 Å². The van der Waals surface area contributed by atoms with Crippen molar-refractivity contribution in [2.75, 3.05) is 6.54 Å². The summed E-state index contributed by atoms with van der Waals surface area (Å²) in [5.74, 6) is -1.68. The number of aromatic nitrogens is 1. The second-order valence-electron chi connectivity index (χ2n) is 5.26. The summed E-state index contributed by atoms with van der Waals surface area (Å²) >= 11 is 0. The van der Waals surface area contributed by atoms with E-state index in [9.17, 15) is 14.4 Å². The van der Waals surface area contributed by atoms with Gasteiger partial charge in [-0.1, -0.05) is 30.3 Å². The van der Waals surface area contributed by atoms with Crippen molar-refractivity contribution in [3.8, 4) is 0 Å². The van der Waals surface area contributed by atoms with Gasteiger partial charge in [0.15, 0.2) is 0 Å². The number of fused-ring (bicyclic) bond motifs is 1. The number of carboxylic acid groups (broad SMARTS) is 2. The predicted octanol–water partition coefficient (Wildman–Crippen LogP) is 0.847. The summed E-state index contributed by atoms with van der Waals surface area (Å²) in [6, 6.07) is 9.87. The topological polar surface area (TPSA) is 122 Å². The Morgan fingerprint density at radius 3 is 2.36 bits per heavy atom. The molecule has 0 saturated carbocycles. The van der Waals surface area contributed by atoms with Gasteiger partial charge in [-0.05, 0) is 5.56 Å². The van der Waals surface area contributed by atoms with E-state index in [1.54, 1.807) is 0 Å². The zero-order valence-corrected chi connectivity index (χ0v) is 13.3. The molecule has 1 aromatic heterocycles. The predicted molar refractivity (Wildman–Crippen MR) is 88.3 cm³/mol. The van der Waals surface area contributed by atoms with Crippen molar-refractivity contribution < 1.29 is 24.3 Å². The first-order chi connectivity index (χ1) is 12.0. The van der Waals surface area contributed by atoms with Gasteiger partial charge in [-0.25, -0.2) is 9.59 Å². The van der Waals surface area contributed by atoms with Gasteiger partial charge in [0, 0.05) is 31.7 Å². The minimum absolute atomic E-state index is 0.00365. The van der Waals surface area contributed by atoms with Gasteiger partial charge in [-0.15, -0.1) is 0 Å². The largest absolute Gasteiger partial charge is 0.478 e. The summed E-state index contributed by atoms with van der Waals surface area (Å²) in [5, 5.41) is 18.8. The van der Waals surface area contributed by atoms with Crippen LogP contribution in [0.1, 0.15) is 16.9 Å². The van der Waals surface area contributed by atoms with Crippen LogP contribution in [0, 0.1) is 0 Å². The molecule has 0 fully saturated rings. The summed E-state index contributed by atoms with van der Waals surface area (Å²) in [7, 11) is 0. The molecule has 8 heteroatoms. The number of carboxylic acids is 2. The maximum Gasteiger partial charge on any atom is 0.328 e. The van der Waals surface area contributed by atoms with Crippen molar-refractivity contribution in [2.24, 2.45) is 0 Å². The van der Waals surface area contributed by atoms with Gasteiger partial charge in [0.05, 0.1) is 12.1 Å². The first-order valence-corrected chi connectivity index (χ1v) is 7.58. The molecule has 0 spiro atoms. The number of carbonyl (C=O) groups is 2. The van der Waals surface area contributed by atoms with E-state index in [1.165, 1.54) is 4.74 Å². The van der Waals surface area contributed by atoms with Crippen molar-refractivity contribution >= 4 is 11.9 Å². The standard InChI is InChI=1S/C13H14N2O2.C4H4O4/c16-13-11-8-14-7-6-12(11)17-15(13)9-10-4-2-1-3-5-10;5-3(6)1-2-4(7)8/h1-5,14H,6-9H2;1-2H,(H,5,6)(H,7,8)/b;2-1+. The van der Waals surface area contributed by atoms with E-state index in [0.717, 1.165) is 29.9 Å². The lowest BCUT2D eigenvalue weighted by Crippen LogP contribution is -2.27. The molecule has 25 heavy (non-hydrogen) atoms. The quantitative estimate of drug-likeness (QED) is 0.702. The number of nitrogens with one attached hydrogen (secondary N) is 1. The summed E-state index contributed by atoms with van der Waals surface area (Å²) in [4.78, 5) is 31.2. The molecule has 0 bridgehead atoms. The van der Waals surface area contributed by atoms with E-state index in [4.69, 9.17) is 14.7 Å². The Labute approximate surface area is 143 Å². The fourth-order valence-corrected chi connectivity index (χ4v) is 2.28. The summed E-state index contributed by atoms with van der Waals surface area (Å²) in [5.41, 5.74) is 1.86. The Balaban J connectivity index is 0.000000242. The fourth-order valence-electron chi connectivity index (χ4n) is 2.28. The number of hydrogen-bond acceptors (Lipinski definition) is 5. The third-order valence-electron chi connectivity index (χ3n) is 3.41. The maximum absolute atomic E-state index is 12.0. The van der Waals surface area contributed by atoms with Crippen LogP contribution in [0.15, 0.2) is 51.8 Å². The van der Waals surface area contributed by atoms with E-state index in [0.29, 0.717) is 25.2 Å². The molecule has 8 nitrogen and oxygen atoms in total. The highest BCUT2D eigenvalue weighted by molar-refractivity contribution is 5.89. The van der Waals surface area contributed by atoms with Gasteiger partial charge >= 0.3 is 11.9 Å². The molecule has 0 aliphatic carbocycles. The Morgan fingerprint density at radius 2 is 1.80 bits per heavy atom. The number of aliphatic carboxylic acids is 2. The molecule has 3 N–H and O–H groups in total. The summed E-state index contributed by atoms with van der Waals surface area (Å²) < 4.78 is 7.06. The van der Waals surface area contributed by atoms with E-state index in [-0.39, 0.29) is 5.56 Å². The second-order valence-corrected chi connectivity index (χ2v) is 5.26. The normalized spacial score (nSPS) is 13.0. The molecule has 0 atom stereocenters. The van der Waals surface area contributed by atoms with Crippen LogP contribution in [-0.4, -0.2) is 33.4 Å². The molecule has 0 amide bonds. The van der Waals surface area contributed by atoms with Crippen molar-refractivity contribution in [3.63, 3.8) is 0 Å². The Bertz CT molecular complexity index is 803. The molecule has 1 aliphatic heterocycles. The van der Waals surface area contributed by atoms with E-state index < -0.39 is 11.9 Å². The second kappa shape index (κ2) is 8.65. The lowest BCUT2D eigenvalue weighted by atomic mass is 10.1. The highest BCUT2D eigenvalue weighted by Crippen LogP contribution is 2.11. The molecular formula is C17H18N2O6. The van der Waals surface area contributed by atoms with Gasteiger partial charge in [0.1, 0.15) is 5.76 Å². The van der Waals surface area contributed by atoms with Crippen LogP contribution >= 0.6 is 0 Å². The zero-order valence-electron chi connectivity index (χ0n) is 13.3. The molecule has 1 aromatic carbocycles. The van der Waals surface area contributed by atoms with Crippen molar-refractivity contribution in [1.82, 2.24) is 10.1 Å². The first kappa shape index (κ1) is 18.2. The van der Waals surface area contributed by atoms with Crippen LogP contribution in [-0.2, 0) is 29.1 Å². The smallest absolute Gasteiger partial charge is 0.328 e. The molecule has 1 aliphatic rings. The van der Waals surface area contributed by atoms with E-state index in [1.807, 2.05) is 30.3 Å². The number of hydrogen-bond donors (Lipinski definition) is 3. The third kappa shape index (κ3) is 5.47. The van der Waals surface area contributed by atoms with Gasteiger partial charge in [-0.3, -0.25) is 4.79 Å². The molecule has 2 heterocycles. The summed E-state index contributed by atoms with van der Waals surface area (Å²) in [6.07, 6.45) is 1.91. The van der Waals surface area contributed by atoms with Crippen LogP contribution in [0.3, 0.4) is 0 Å². The zero-order chi connectivity index (χ0) is 18.2. The van der Waals surface area contributed by atoms with Gasteiger partial charge in [0.2, 0.25) is 0 Å². The average Bonchev–Trinajstić information content (AvgIpc) is 2.91. The minimum Gasteiger partial charge on any atom is -0.478 e. The third-order valence-corrected chi connectivity index (χ3v) is 3.41. The molecule has 0 saturated heterocycles. The van der Waals surface area contributed by atoms with Crippen molar-refractivity contribution in [3.05, 3.63) is 69.7 Å². The molecule has 0 unspecified atom stereocenters. The maximum atomic E-state index is 12.0. The number of nitrogens with zero attached hydrogens (tertiary/aromatic N) is 1. The van der Waals surface area contributed by atoms with Gasteiger partial charge in [-0.2, -0.15) is 4.74 Å². The Morgan fingerprint density at radius 1 is 1.16 bits per heavy atom.